The van der Waals surface area contributed by atoms with E-state index in [1.807, 2.05) is 4.90 Å². The lowest BCUT2D eigenvalue weighted by Crippen LogP contribution is -2.46. The Morgan fingerprint density at radius 3 is 2.15 bits per heavy atom. The average Bonchev–Trinajstić information content (AvgIpc) is 2.93. The van der Waals surface area contributed by atoms with Crippen molar-refractivity contribution in [2.24, 2.45) is 11.3 Å². The molecule has 0 aromatic rings. The van der Waals surface area contributed by atoms with E-state index in [4.69, 9.17) is 14.6 Å². The van der Waals surface area contributed by atoms with Crippen LogP contribution in [0, 0.1) is 11.3 Å². The Labute approximate surface area is 157 Å². The van der Waals surface area contributed by atoms with Crippen molar-refractivity contribution in [1.82, 2.24) is 9.80 Å². The van der Waals surface area contributed by atoms with E-state index in [0.29, 0.717) is 5.91 Å². The van der Waals surface area contributed by atoms with Crippen LogP contribution in [0.1, 0.15) is 39.0 Å². The number of ether oxygens (including phenoxy) is 1. The Kier molecular flexibility index (Phi) is 7.50. The molecule has 3 fully saturated rings. The molecule has 0 aromatic carbocycles. The highest BCUT2D eigenvalue weighted by atomic mass is 19.4. The van der Waals surface area contributed by atoms with Crippen molar-refractivity contribution in [3.05, 3.63) is 0 Å². The number of nitrogens with zero attached hydrogens (tertiary/aromatic N) is 2. The van der Waals surface area contributed by atoms with E-state index in [0.717, 1.165) is 64.6 Å². The largest absolute Gasteiger partial charge is 0.490 e. The van der Waals surface area contributed by atoms with Gasteiger partial charge in [0.15, 0.2) is 0 Å². The number of alkyl halides is 3. The molecule has 0 aromatic heterocycles. The topological polar surface area (TPSA) is 70.1 Å². The third-order valence-corrected chi connectivity index (χ3v) is 5.90. The van der Waals surface area contributed by atoms with Gasteiger partial charge in [-0.05, 0) is 58.0 Å². The summed E-state index contributed by atoms with van der Waals surface area (Å²) in [6.07, 6.45) is 0.580. The second-order valence-corrected chi connectivity index (χ2v) is 7.57. The van der Waals surface area contributed by atoms with Crippen LogP contribution in [0.2, 0.25) is 0 Å². The number of halogens is 3. The molecule has 0 bridgehead atoms. The monoisotopic (exact) mass is 394 g/mol. The van der Waals surface area contributed by atoms with E-state index in [9.17, 15) is 18.0 Å². The van der Waals surface area contributed by atoms with Crippen LogP contribution in [-0.2, 0) is 14.3 Å². The number of amides is 1. The van der Waals surface area contributed by atoms with Gasteiger partial charge in [0.1, 0.15) is 0 Å². The van der Waals surface area contributed by atoms with E-state index in [1.165, 1.54) is 19.4 Å². The molecule has 3 rings (SSSR count). The van der Waals surface area contributed by atoms with Crippen LogP contribution < -0.4 is 0 Å². The molecule has 1 amide bonds. The molecule has 0 aliphatic carbocycles. The van der Waals surface area contributed by atoms with Gasteiger partial charge in [-0.25, -0.2) is 4.79 Å². The maximum absolute atomic E-state index is 12.5. The molecule has 0 radical (unpaired) electrons. The van der Waals surface area contributed by atoms with Crippen molar-refractivity contribution < 1.29 is 32.6 Å². The summed E-state index contributed by atoms with van der Waals surface area (Å²) in [5.74, 6) is -1.51. The fourth-order valence-electron chi connectivity index (χ4n) is 4.12. The molecule has 0 saturated carbocycles. The Hall–Kier alpha value is -1.35. The first kappa shape index (κ1) is 21.9. The fraction of sp³-hybridized carbons (Fsp3) is 0.889. The summed E-state index contributed by atoms with van der Waals surface area (Å²) >= 11 is 0. The van der Waals surface area contributed by atoms with E-state index in [-0.39, 0.29) is 5.41 Å². The predicted octanol–water partition coefficient (Wildman–Crippen LogP) is 2.38. The molecule has 9 heteroatoms. The van der Waals surface area contributed by atoms with Crippen LogP contribution in [0.5, 0.6) is 0 Å². The molecule has 6 nitrogen and oxygen atoms in total. The molecule has 27 heavy (non-hydrogen) atoms. The fourth-order valence-corrected chi connectivity index (χ4v) is 4.12. The number of carboxylic acids is 1. The molecule has 3 aliphatic heterocycles. The summed E-state index contributed by atoms with van der Waals surface area (Å²) < 4.78 is 37.2. The Morgan fingerprint density at radius 2 is 1.70 bits per heavy atom. The number of carboxylic acid groups (broad SMARTS) is 1. The van der Waals surface area contributed by atoms with Crippen molar-refractivity contribution >= 4 is 11.9 Å². The molecular formula is C18H29F3N2O4. The Bertz CT molecular complexity index is 513. The van der Waals surface area contributed by atoms with Gasteiger partial charge in [-0.2, -0.15) is 13.2 Å². The number of rotatable bonds is 3. The highest BCUT2D eigenvalue weighted by molar-refractivity contribution is 5.85. The number of carbonyl (C=O) groups excluding carboxylic acids is 1. The lowest BCUT2D eigenvalue weighted by atomic mass is 9.77. The third kappa shape index (κ3) is 5.81. The number of hydrogen-bond acceptors (Lipinski definition) is 4. The van der Waals surface area contributed by atoms with E-state index in [1.54, 1.807) is 0 Å². The van der Waals surface area contributed by atoms with Gasteiger partial charge in [0.2, 0.25) is 5.91 Å². The summed E-state index contributed by atoms with van der Waals surface area (Å²) in [7, 11) is 0. The first-order valence-electron chi connectivity index (χ1n) is 9.57. The highest BCUT2D eigenvalue weighted by Crippen LogP contribution is 2.41. The zero-order chi connectivity index (χ0) is 20.1. The van der Waals surface area contributed by atoms with Crippen molar-refractivity contribution in [2.75, 3.05) is 45.9 Å². The lowest BCUT2D eigenvalue weighted by Gasteiger charge is -2.39. The number of piperidine rings is 1. The first-order chi connectivity index (χ1) is 12.7. The Morgan fingerprint density at radius 1 is 1.19 bits per heavy atom. The van der Waals surface area contributed by atoms with Gasteiger partial charge in [-0.15, -0.1) is 0 Å². The SMILES string of the molecule is CCN1CCC2(CCN(CC3CCOCC3)CC2)C1=O.O=C(O)C(F)(F)F. The molecule has 1 spiro atoms. The van der Waals surface area contributed by atoms with Crippen LogP contribution in [0.3, 0.4) is 0 Å². The van der Waals surface area contributed by atoms with E-state index < -0.39 is 12.1 Å². The molecule has 3 aliphatic rings. The average molecular weight is 394 g/mol. The summed E-state index contributed by atoms with van der Waals surface area (Å²) in [6.45, 7) is 9.27. The van der Waals surface area contributed by atoms with Crippen LogP contribution in [0.25, 0.3) is 0 Å². The van der Waals surface area contributed by atoms with Crippen molar-refractivity contribution in [2.45, 2.75) is 45.2 Å². The van der Waals surface area contributed by atoms with Gasteiger partial charge in [0, 0.05) is 32.8 Å². The molecule has 0 unspecified atom stereocenters. The van der Waals surface area contributed by atoms with Gasteiger partial charge >= 0.3 is 12.1 Å². The normalized spacial score (nSPS) is 24.0. The van der Waals surface area contributed by atoms with Gasteiger partial charge in [-0.1, -0.05) is 0 Å². The summed E-state index contributed by atoms with van der Waals surface area (Å²) in [6, 6.07) is 0. The van der Waals surface area contributed by atoms with Gasteiger partial charge in [-0.3, -0.25) is 4.79 Å². The second-order valence-electron chi connectivity index (χ2n) is 7.57. The van der Waals surface area contributed by atoms with Crippen molar-refractivity contribution in [3.8, 4) is 0 Å². The van der Waals surface area contributed by atoms with Crippen molar-refractivity contribution in [1.29, 1.82) is 0 Å². The van der Waals surface area contributed by atoms with Crippen LogP contribution in [0.4, 0.5) is 13.2 Å². The predicted molar refractivity (Wildman–Crippen MR) is 92.2 cm³/mol. The van der Waals surface area contributed by atoms with E-state index in [2.05, 4.69) is 11.8 Å². The van der Waals surface area contributed by atoms with Gasteiger partial charge in [0.05, 0.1) is 5.41 Å². The van der Waals surface area contributed by atoms with Crippen LogP contribution in [0.15, 0.2) is 0 Å². The lowest BCUT2D eigenvalue weighted by molar-refractivity contribution is -0.192. The molecule has 3 heterocycles. The molecular weight excluding hydrogens is 365 g/mol. The van der Waals surface area contributed by atoms with Gasteiger partial charge < -0.3 is 19.6 Å². The molecule has 0 atom stereocenters. The standard InChI is InChI=1S/C16H28N2O2.C2HF3O2/c1-2-18-10-7-16(15(18)19)5-8-17(9-6-16)13-14-3-11-20-12-4-14;3-2(4,5)1(6)7/h14H,2-13H2,1H3;(H,6,7). The van der Waals surface area contributed by atoms with Crippen LogP contribution >= 0.6 is 0 Å². The summed E-state index contributed by atoms with van der Waals surface area (Å²) in [4.78, 5) is 26.0. The number of carbonyl (C=O) groups is 2. The first-order valence-corrected chi connectivity index (χ1v) is 9.57. The zero-order valence-electron chi connectivity index (χ0n) is 15.8. The minimum absolute atomic E-state index is 0.00217. The quantitative estimate of drug-likeness (QED) is 0.796. The van der Waals surface area contributed by atoms with Crippen molar-refractivity contribution in [3.63, 3.8) is 0 Å². The van der Waals surface area contributed by atoms with Crippen LogP contribution in [-0.4, -0.2) is 78.9 Å². The molecule has 1 N–H and O–H groups in total. The number of hydrogen-bond donors (Lipinski definition) is 1. The van der Waals surface area contributed by atoms with Gasteiger partial charge in [0.25, 0.3) is 0 Å². The minimum atomic E-state index is -5.08. The zero-order valence-corrected chi connectivity index (χ0v) is 15.8. The summed E-state index contributed by atoms with van der Waals surface area (Å²) in [5, 5.41) is 7.12. The maximum atomic E-state index is 12.5. The smallest absolute Gasteiger partial charge is 0.475 e. The number of likely N-dealkylation sites (tertiary alicyclic amines) is 2. The molecule has 3 saturated heterocycles. The summed E-state index contributed by atoms with van der Waals surface area (Å²) in [5.41, 5.74) is 0.00217. The minimum Gasteiger partial charge on any atom is -0.475 e. The Balaban J connectivity index is 0.000000321. The third-order valence-electron chi connectivity index (χ3n) is 5.90. The molecule has 156 valence electrons. The van der Waals surface area contributed by atoms with E-state index >= 15 is 0 Å². The maximum Gasteiger partial charge on any atom is 0.490 e. The number of aliphatic carboxylic acids is 1. The second kappa shape index (κ2) is 9.23. The highest BCUT2D eigenvalue weighted by Gasteiger charge is 2.47.